The predicted octanol–water partition coefficient (Wildman–Crippen LogP) is 6.61. The van der Waals surface area contributed by atoms with Crippen LogP contribution in [0.25, 0.3) is 11.6 Å². The summed E-state index contributed by atoms with van der Waals surface area (Å²) >= 11 is 0. The third-order valence-corrected chi connectivity index (χ3v) is 6.12. The van der Waals surface area contributed by atoms with Crippen LogP contribution in [0.3, 0.4) is 0 Å². The minimum atomic E-state index is 0.0108. The Bertz CT molecular complexity index is 940. The zero-order chi connectivity index (χ0) is 21.4. The number of rotatable bonds is 5. The topological polar surface area (TPSA) is 29.1 Å². The molecule has 2 nitrogen and oxygen atoms in total. The second kappa shape index (κ2) is 10.9. The van der Waals surface area contributed by atoms with E-state index >= 15 is 0 Å². The molecule has 0 aliphatic carbocycles. The molecule has 152 valence electrons. The van der Waals surface area contributed by atoms with E-state index in [1.807, 2.05) is 26.8 Å². The number of benzene rings is 2. The predicted molar refractivity (Wildman–Crippen MR) is 130 cm³/mol. The maximum absolute atomic E-state index is 11.4. The lowest BCUT2D eigenvalue weighted by Crippen LogP contribution is -2.21. The molecular weight excluding hydrogens is 373 g/mol. The molecule has 29 heavy (non-hydrogen) atoms. The molecule has 0 saturated carbocycles. The monoisotopic (exact) mass is 405 g/mol. The van der Waals surface area contributed by atoms with Gasteiger partial charge in [-0.25, -0.2) is 0 Å². The summed E-state index contributed by atoms with van der Waals surface area (Å²) in [7, 11) is 0.429. The fraction of sp³-hybridized carbons (Fsp3) is 0.269. The van der Waals surface area contributed by atoms with E-state index < -0.39 is 0 Å². The highest BCUT2D eigenvalue weighted by molar-refractivity contribution is 7.38. The lowest BCUT2D eigenvalue weighted by molar-refractivity contribution is -0.114. The minimum Gasteiger partial charge on any atom is -0.334 e. The second-order valence-corrected chi connectivity index (χ2v) is 8.23. The fourth-order valence-corrected chi connectivity index (χ4v) is 4.41. The Kier molecular flexibility index (Phi) is 8.61. The number of allylic oxidation sites excluding steroid dienone is 2. The first kappa shape index (κ1) is 22.8. The summed E-state index contributed by atoms with van der Waals surface area (Å²) in [5.41, 5.74) is 8.79. The zero-order valence-electron chi connectivity index (χ0n) is 18.2. The van der Waals surface area contributed by atoms with Gasteiger partial charge in [0.05, 0.1) is 0 Å². The Hall–Kier alpha value is -2.44. The Labute approximate surface area is 177 Å². The van der Waals surface area contributed by atoms with E-state index in [-0.39, 0.29) is 5.91 Å². The first-order chi connectivity index (χ1) is 14.0. The van der Waals surface area contributed by atoms with Crippen LogP contribution in [0, 0.1) is 13.8 Å². The first-order valence-corrected chi connectivity index (χ1v) is 11.3. The molecule has 1 amide bonds. The summed E-state index contributed by atoms with van der Waals surface area (Å²) < 4.78 is 0. The molecule has 0 spiro atoms. The molecule has 0 fully saturated rings. The molecule has 1 aliphatic rings. The van der Waals surface area contributed by atoms with Gasteiger partial charge < -0.3 is 5.09 Å². The van der Waals surface area contributed by atoms with Crippen LogP contribution in [0.2, 0.25) is 0 Å². The van der Waals surface area contributed by atoms with Gasteiger partial charge in [0.1, 0.15) is 0 Å². The van der Waals surface area contributed by atoms with Crippen molar-refractivity contribution in [1.82, 2.24) is 5.09 Å². The molecule has 0 radical (unpaired) electrons. The highest BCUT2D eigenvalue weighted by Crippen LogP contribution is 2.32. The lowest BCUT2D eigenvalue weighted by atomic mass is 9.88. The standard InChI is InChI=1S/C24H26NOP.C2H6/c1-5-8-20-13-19(14-21-11-12-24(26)25-27-21)15-23(17(20)3)18(4)22-10-7-6-9-16(22)2;1-2/h5-13,15,21,27H,4,14H2,1-3H3,(H,25,26);1-2H3/b8-5-;. The van der Waals surface area contributed by atoms with Gasteiger partial charge in [0.15, 0.2) is 0 Å². The highest BCUT2D eigenvalue weighted by Gasteiger charge is 2.16. The van der Waals surface area contributed by atoms with Crippen molar-refractivity contribution < 1.29 is 4.79 Å². The molecule has 2 unspecified atom stereocenters. The number of aryl methyl sites for hydroxylation is 1. The van der Waals surface area contributed by atoms with Gasteiger partial charge in [0.2, 0.25) is 5.91 Å². The molecule has 2 aromatic rings. The normalized spacial score (nSPS) is 16.4. The van der Waals surface area contributed by atoms with E-state index in [9.17, 15) is 4.79 Å². The minimum absolute atomic E-state index is 0.0108. The van der Waals surface area contributed by atoms with Crippen molar-refractivity contribution in [3.8, 4) is 0 Å². The summed E-state index contributed by atoms with van der Waals surface area (Å²) in [6, 6.07) is 12.9. The largest absolute Gasteiger partial charge is 0.334 e. The van der Waals surface area contributed by atoms with E-state index in [2.05, 4.69) is 74.1 Å². The van der Waals surface area contributed by atoms with Crippen molar-refractivity contribution in [3.05, 3.63) is 94.6 Å². The average molecular weight is 406 g/mol. The van der Waals surface area contributed by atoms with Crippen molar-refractivity contribution in [1.29, 1.82) is 0 Å². The van der Waals surface area contributed by atoms with Crippen LogP contribution in [0.1, 0.15) is 54.2 Å². The van der Waals surface area contributed by atoms with Crippen LogP contribution in [0.5, 0.6) is 0 Å². The van der Waals surface area contributed by atoms with Crippen LogP contribution in [-0.4, -0.2) is 11.6 Å². The van der Waals surface area contributed by atoms with Crippen molar-refractivity contribution in [3.63, 3.8) is 0 Å². The maximum atomic E-state index is 11.4. The number of nitrogens with one attached hydrogen (secondary N) is 1. The lowest BCUT2D eigenvalue weighted by Gasteiger charge is -2.20. The van der Waals surface area contributed by atoms with Crippen molar-refractivity contribution in [2.45, 2.75) is 46.7 Å². The van der Waals surface area contributed by atoms with Crippen molar-refractivity contribution in [2.75, 3.05) is 0 Å². The number of carbonyl (C=O) groups excluding carboxylic acids is 1. The Morgan fingerprint density at radius 2 is 1.90 bits per heavy atom. The summed E-state index contributed by atoms with van der Waals surface area (Å²) in [6.07, 6.45) is 8.83. The number of hydrogen-bond donors (Lipinski definition) is 1. The first-order valence-electron chi connectivity index (χ1n) is 10.2. The molecule has 1 N–H and O–H groups in total. The van der Waals surface area contributed by atoms with Crippen LogP contribution in [0.15, 0.2) is 61.2 Å². The van der Waals surface area contributed by atoms with Crippen molar-refractivity contribution >= 4 is 26.3 Å². The smallest absolute Gasteiger partial charge is 0.246 e. The molecule has 3 heteroatoms. The molecule has 1 heterocycles. The van der Waals surface area contributed by atoms with E-state index in [4.69, 9.17) is 0 Å². The van der Waals surface area contributed by atoms with Crippen LogP contribution in [-0.2, 0) is 11.2 Å². The molecule has 0 saturated heterocycles. The summed E-state index contributed by atoms with van der Waals surface area (Å²) in [5, 5.41) is 2.94. The van der Waals surface area contributed by atoms with Gasteiger partial charge >= 0.3 is 0 Å². The Balaban J connectivity index is 0.00000145. The third-order valence-electron chi connectivity index (χ3n) is 4.97. The fourth-order valence-electron chi connectivity index (χ4n) is 3.47. The second-order valence-electron chi connectivity index (χ2n) is 6.95. The van der Waals surface area contributed by atoms with Gasteiger partial charge in [0.25, 0.3) is 0 Å². The van der Waals surface area contributed by atoms with Gasteiger partial charge in [-0.3, -0.25) is 4.79 Å². The van der Waals surface area contributed by atoms with E-state index in [0.717, 1.165) is 12.0 Å². The van der Waals surface area contributed by atoms with E-state index in [0.29, 0.717) is 14.4 Å². The Morgan fingerprint density at radius 1 is 1.17 bits per heavy atom. The summed E-state index contributed by atoms with van der Waals surface area (Å²) in [5.74, 6) is 0.0108. The summed E-state index contributed by atoms with van der Waals surface area (Å²) in [4.78, 5) is 11.4. The third kappa shape index (κ3) is 5.78. The molecule has 3 rings (SSSR count). The average Bonchev–Trinajstić information content (AvgIpc) is 2.73. The van der Waals surface area contributed by atoms with Gasteiger partial charge in [-0.05, 0) is 81.0 Å². The zero-order valence-corrected chi connectivity index (χ0v) is 19.2. The maximum Gasteiger partial charge on any atom is 0.246 e. The van der Waals surface area contributed by atoms with E-state index in [1.165, 1.54) is 33.4 Å². The van der Waals surface area contributed by atoms with Gasteiger partial charge in [-0.2, -0.15) is 0 Å². The number of hydrogen-bond acceptors (Lipinski definition) is 1. The van der Waals surface area contributed by atoms with Gasteiger partial charge in [0, 0.05) is 5.66 Å². The Morgan fingerprint density at radius 3 is 2.52 bits per heavy atom. The van der Waals surface area contributed by atoms with Gasteiger partial charge in [-0.15, -0.1) is 0 Å². The molecular formula is C26H32NOP. The van der Waals surface area contributed by atoms with E-state index in [1.54, 1.807) is 6.08 Å². The summed E-state index contributed by atoms with van der Waals surface area (Å²) in [6.45, 7) is 14.8. The van der Waals surface area contributed by atoms with Crippen LogP contribution >= 0.6 is 8.73 Å². The van der Waals surface area contributed by atoms with Crippen LogP contribution in [0.4, 0.5) is 0 Å². The number of carbonyl (C=O) groups is 1. The molecule has 1 aliphatic heterocycles. The SMILES string of the molecule is C=C(c1ccccc1C)c1cc(CC2C=CC(=O)NP2)cc(/C=C\C)c1C.CC. The van der Waals surface area contributed by atoms with Gasteiger partial charge in [-0.1, -0.05) is 75.1 Å². The highest BCUT2D eigenvalue weighted by atomic mass is 31.1. The molecule has 2 aromatic carbocycles. The quantitative estimate of drug-likeness (QED) is 0.557. The molecule has 0 bridgehead atoms. The van der Waals surface area contributed by atoms with Crippen molar-refractivity contribution in [2.24, 2.45) is 0 Å². The number of amides is 1. The molecule has 2 atom stereocenters. The molecule has 0 aromatic heterocycles. The van der Waals surface area contributed by atoms with Crippen LogP contribution < -0.4 is 5.09 Å².